The van der Waals surface area contributed by atoms with Crippen molar-refractivity contribution < 1.29 is 10.0 Å². The molecule has 7 nitrogen and oxygen atoms in total. The molecule has 7 heteroatoms. The molecule has 0 spiro atoms. The molecule has 1 aliphatic heterocycles. The Bertz CT molecular complexity index is 596. The fourth-order valence-electron chi connectivity index (χ4n) is 3.98. The summed E-state index contributed by atoms with van der Waals surface area (Å²) in [4.78, 5) is 22.3. The first-order chi connectivity index (χ1) is 12.7. The second-order valence-electron chi connectivity index (χ2n) is 7.26. The number of rotatable bonds is 5. The Kier molecular flexibility index (Phi) is 6.96. The van der Waals surface area contributed by atoms with E-state index in [0.717, 1.165) is 24.8 Å². The van der Waals surface area contributed by atoms with Gasteiger partial charge < -0.3 is 5.32 Å². The highest BCUT2D eigenvalue weighted by Crippen LogP contribution is 2.25. The number of carbonyl (C=O) groups excluding carboxylic acids is 1. The number of hydroxylamine groups is 1. The second-order valence-corrected chi connectivity index (χ2v) is 7.26. The number of hydrogen-bond donors (Lipinski definition) is 3. The van der Waals surface area contributed by atoms with Crippen molar-refractivity contribution in [1.82, 2.24) is 20.3 Å². The van der Waals surface area contributed by atoms with Crippen molar-refractivity contribution in [3.63, 3.8) is 0 Å². The SMILES string of the molecule is O=C(C=Cc1cnc(N[C@@H]2CCCN(C3CCCCCC3)C2)cn1)NO. The first-order valence-electron chi connectivity index (χ1n) is 9.69. The molecule has 1 aliphatic carbocycles. The molecule has 26 heavy (non-hydrogen) atoms. The van der Waals surface area contributed by atoms with E-state index in [9.17, 15) is 4.79 Å². The van der Waals surface area contributed by atoms with Gasteiger partial charge in [-0.05, 0) is 38.3 Å². The van der Waals surface area contributed by atoms with Crippen LogP contribution < -0.4 is 10.8 Å². The van der Waals surface area contributed by atoms with Crippen molar-refractivity contribution in [2.45, 2.75) is 63.5 Å². The first kappa shape index (κ1) is 18.8. The van der Waals surface area contributed by atoms with Crippen molar-refractivity contribution >= 4 is 17.8 Å². The summed E-state index contributed by atoms with van der Waals surface area (Å²) in [5, 5.41) is 12.0. The third-order valence-corrected chi connectivity index (χ3v) is 5.33. The van der Waals surface area contributed by atoms with Crippen LogP contribution in [0.2, 0.25) is 0 Å². The third-order valence-electron chi connectivity index (χ3n) is 5.33. The Morgan fingerprint density at radius 2 is 1.92 bits per heavy atom. The number of anilines is 1. The molecule has 1 saturated carbocycles. The summed E-state index contributed by atoms with van der Waals surface area (Å²) in [7, 11) is 0. The lowest BCUT2D eigenvalue weighted by Crippen LogP contribution is -2.47. The number of carbonyl (C=O) groups is 1. The van der Waals surface area contributed by atoms with Crippen LogP contribution in [-0.4, -0.2) is 51.2 Å². The Morgan fingerprint density at radius 3 is 2.62 bits per heavy atom. The molecule has 3 N–H and O–H groups in total. The van der Waals surface area contributed by atoms with Crippen LogP contribution in [0.4, 0.5) is 5.82 Å². The van der Waals surface area contributed by atoms with Crippen LogP contribution in [0.3, 0.4) is 0 Å². The van der Waals surface area contributed by atoms with Gasteiger partial charge in [-0.1, -0.05) is 25.7 Å². The summed E-state index contributed by atoms with van der Waals surface area (Å²) >= 11 is 0. The molecule has 0 radical (unpaired) electrons. The lowest BCUT2D eigenvalue weighted by atomic mass is 10.00. The number of aromatic nitrogens is 2. The van der Waals surface area contributed by atoms with E-state index >= 15 is 0 Å². The Hall–Kier alpha value is -1.99. The minimum atomic E-state index is -0.588. The van der Waals surface area contributed by atoms with E-state index in [0.29, 0.717) is 11.7 Å². The standard InChI is InChI=1S/C19H29N5O2/c25-19(23-26)10-9-15-12-21-18(13-20-15)22-16-6-5-11-24(14-16)17-7-3-1-2-4-8-17/h9-10,12-13,16-17,26H,1-8,11,14H2,(H,21,22)(H,23,25)/t16-/m1/s1. The average Bonchev–Trinajstić information content (AvgIpc) is 2.97. The fraction of sp³-hybridized carbons (Fsp3) is 0.632. The van der Waals surface area contributed by atoms with Crippen LogP contribution in [-0.2, 0) is 4.79 Å². The maximum absolute atomic E-state index is 11.0. The van der Waals surface area contributed by atoms with Gasteiger partial charge in [0.15, 0.2) is 0 Å². The van der Waals surface area contributed by atoms with E-state index in [1.807, 2.05) is 0 Å². The van der Waals surface area contributed by atoms with E-state index in [4.69, 9.17) is 5.21 Å². The van der Waals surface area contributed by atoms with Crippen molar-refractivity contribution in [3.8, 4) is 0 Å². The fourth-order valence-corrected chi connectivity index (χ4v) is 3.98. The van der Waals surface area contributed by atoms with Gasteiger partial charge in [0.1, 0.15) is 5.82 Å². The number of nitrogens with one attached hydrogen (secondary N) is 2. The van der Waals surface area contributed by atoms with Crippen LogP contribution >= 0.6 is 0 Å². The van der Waals surface area contributed by atoms with Crippen LogP contribution in [0.5, 0.6) is 0 Å². The quantitative estimate of drug-likeness (QED) is 0.324. The molecule has 0 aromatic carbocycles. The predicted octanol–water partition coefficient (Wildman–Crippen LogP) is 2.59. The maximum Gasteiger partial charge on any atom is 0.267 e. The summed E-state index contributed by atoms with van der Waals surface area (Å²) in [6.07, 6.45) is 16.6. The molecule has 1 aromatic rings. The molecule has 1 amide bonds. The molecule has 1 saturated heterocycles. The number of nitrogens with zero attached hydrogens (tertiary/aromatic N) is 3. The minimum absolute atomic E-state index is 0.405. The molecule has 3 rings (SSSR count). The van der Waals surface area contributed by atoms with Crippen LogP contribution in [0.25, 0.3) is 6.08 Å². The summed E-state index contributed by atoms with van der Waals surface area (Å²) in [6, 6.07) is 1.15. The molecular weight excluding hydrogens is 330 g/mol. The highest BCUT2D eigenvalue weighted by Gasteiger charge is 2.26. The lowest BCUT2D eigenvalue weighted by Gasteiger charge is -2.38. The molecule has 1 aromatic heterocycles. The predicted molar refractivity (Wildman–Crippen MR) is 101 cm³/mol. The van der Waals surface area contributed by atoms with E-state index in [1.165, 1.54) is 63.6 Å². The van der Waals surface area contributed by atoms with Gasteiger partial charge >= 0.3 is 0 Å². The Labute approximate surface area is 154 Å². The topological polar surface area (TPSA) is 90.4 Å². The Morgan fingerprint density at radius 1 is 1.12 bits per heavy atom. The largest absolute Gasteiger partial charge is 0.365 e. The minimum Gasteiger partial charge on any atom is -0.365 e. The highest BCUT2D eigenvalue weighted by molar-refractivity contribution is 5.90. The van der Waals surface area contributed by atoms with Gasteiger partial charge in [0, 0.05) is 24.7 Å². The second kappa shape index (κ2) is 9.64. The molecule has 0 bridgehead atoms. The van der Waals surface area contributed by atoms with E-state index < -0.39 is 5.91 Å². The Balaban J connectivity index is 1.53. The molecule has 142 valence electrons. The van der Waals surface area contributed by atoms with E-state index in [-0.39, 0.29) is 0 Å². The van der Waals surface area contributed by atoms with Gasteiger partial charge in [0.05, 0.1) is 18.1 Å². The zero-order valence-corrected chi connectivity index (χ0v) is 15.2. The zero-order chi connectivity index (χ0) is 18.2. The molecule has 1 atom stereocenters. The van der Waals surface area contributed by atoms with Crippen molar-refractivity contribution in [2.24, 2.45) is 0 Å². The summed E-state index contributed by atoms with van der Waals surface area (Å²) in [5.41, 5.74) is 2.12. The van der Waals surface area contributed by atoms with Crippen LogP contribution in [0, 0.1) is 0 Å². The summed E-state index contributed by atoms with van der Waals surface area (Å²) in [5.74, 6) is 0.177. The van der Waals surface area contributed by atoms with Crippen molar-refractivity contribution in [3.05, 3.63) is 24.2 Å². The van der Waals surface area contributed by atoms with Crippen LogP contribution in [0.1, 0.15) is 57.1 Å². The van der Waals surface area contributed by atoms with Gasteiger partial charge in [-0.25, -0.2) is 10.5 Å². The smallest absolute Gasteiger partial charge is 0.267 e. The number of hydrogen-bond acceptors (Lipinski definition) is 6. The number of piperidine rings is 1. The maximum atomic E-state index is 11.0. The van der Waals surface area contributed by atoms with Crippen LogP contribution in [0.15, 0.2) is 18.5 Å². The lowest BCUT2D eigenvalue weighted by molar-refractivity contribution is -0.124. The molecule has 2 aliphatic rings. The van der Waals surface area contributed by atoms with E-state index in [1.54, 1.807) is 17.9 Å². The van der Waals surface area contributed by atoms with E-state index in [2.05, 4.69) is 20.2 Å². The van der Waals surface area contributed by atoms with Gasteiger partial charge in [0.25, 0.3) is 5.91 Å². The summed E-state index contributed by atoms with van der Waals surface area (Å²) < 4.78 is 0. The van der Waals surface area contributed by atoms with Crippen molar-refractivity contribution in [1.29, 1.82) is 0 Å². The summed E-state index contributed by atoms with van der Waals surface area (Å²) in [6.45, 7) is 2.29. The van der Waals surface area contributed by atoms with Crippen molar-refractivity contribution in [2.75, 3.05) is 18.4 Å². The highest BCUT2D eigenvalue weighted by atomic mass is 16.5. The first-order valence-corrected chi connectivity index (χ1v) is 9.69. The molecule has 2 fully saturated rings. The van der Waals surface area contributed by atoms with Gasteiger partial charge in [-0.15, -0.1) is 0 Å². The van der Waals surface area contributed by atoms with Gasteiger partial charge in [-0.3, -0.25) is 19.9 Å². The number of amides is 1. The molecular formula is C19H29N5O2. The van der Waals surface area contributed by atoms with Gasteiger partial charge in [-0.2, -0.15) is 0 Å². The third kappa shape index (κ3) is 5.51. The average molecular weight is 359 g/mol. The molecule has 2 heterocycles. The monoisotopic (exact) mass is 359 g/mol. The zero-order valence-electron chi connectivity index (χ0n) is 15.2. The molecule has 0 unspecified atom stereocenters. The van der Waals surface area contributed by atoms with Gasteiger partial charge in [0.2, 0.25) is 0 Å². The number of likely N-dealkylation sites (tertiary alicyclic amines) is 1. The normalized spacial score (nSPS) is 22.9.